The van der Waals surface area contributed by atoms with Gasteiger partial charge in [0.15, 0.2) is 0 Å². The van der Waals surface area contributed by atoms with Gasteiger partial charge in [-0.25, -0.2) is 0 Å². The van der Waals surface area contributed by atoms with Gasteiger partial charge in [-0.05, 0) is 26.2 Å². The fourth-order valence-electron chi connectivity index (χ4n) is 2.56. The Kier molecular flexibility index (Phi) is 6.75. The average molecular weight is 296 g/mol. The van der Waals surface area contributed by atoms with Gasteiger partial charge in [0.05, 0.1) is 0 Å². The van der Waals surface area contributed by atoms with Gasteiger partial charge in [0, 0.05) is 37.8 Å². The lowest BCUT2D eigenvalue weighted by molar-refractivity contribution is -0.174. The molecule has 1 aliphatic rings. The number of rotatable bonds is 7. The molecule has 1 fully saturated rings. The molecule has 120 valence electrons. The molecule has 1 aliphatic heterocycles. The van der Waals surface area contributed by atoms with Gasteiger partial charge >= 0.3 is 6.18 Å². The maximum atomic E-state index is 12.0. The molecule has 0 radical (unpaired) electrons. The molecular weight excluding hydrogens is 269 g/mol. The molecule has 0 bridgehead atoms. The van der Waals surface area contributed by atoms with E-state index in [0.29, 0.717) is 12.5 Å². The Morgan fingerprint density at radius 1 is 1.35 bits per heavy atom. The van der Waals surface area contributed by atoms with Gasteiger partial charge in [0.2, 0.25) is 0 Å². The van der Waals surface area contributed by atoms with Gasteiger partial charge in [-0.15, -0.1) is 0 Å². The lowest BCUT2D eigenvalue weighted by atomic mass is 9.91. The van der Waals surface area contributed by atoms with Crippen LogP contribution in [-0.2, 0) is 4.74 Å². The molecule has 1 N–H and O–H groups in total. The molecule has 0 aromatic heterocycles. The van der Waals surface area contributed by atoms with Gasteiger partial charge in [-0.1, -0.05) is 13.8 Å². The van der Waals surface area contributed by atoms with E-state index in [4.69, 9.17) is 0 Å². The van der Waals surface area contributed by atoms with Crippen molar-refractivity contribution in [2.45, 2.75) is 57.8 Å². The van der Waals surface area contributed by atoms with Gasteiger partial charge in [0.25, 0.3) is 0 Å². The lowest BCUT2D eigenvalue weighted by Crippen LogP contribution is -2.63. The second kappa shape index (κ2) is 7.61. The van der Waals surface area contributed by atoms with Crippen LogP contribution in [0.1, 0.15) is 40.0 Å². The normalized spacial score (nSPS) is 28.8. The molecule has 20 heavy (non-hydrogen) atoms. The number of halogens is 3. The zero-order valence-corrected chi connectivity index (χ0v) is 12.7. The molecule has 2 unspecified atom stereocenters. The molecule has 0 aliphatic carbocycles. The van der Waals surface area contributed by atoms with Crippen molar-refractivity contribution in [1.29, 1.82) is 0 Å². The number of hydrogen-bond donors (Lipinski definition) is 1. The summed E-state index contributed by atoms with van der Waals surface area (Å²) in [4.78, 5) is 2.40. The molecule has 0 aromatic rings. The molecule has 0 amide bonds. The summed E-state index contributed by atoms with van der Waals surface area (Å²) < 4.78 is 40.6. The summed E-state index contributed by atoms with van der Waals surface area (Å²) in [5.41, 5.74) is 0.0930. The minimum atomic E-state index is -4.22. The topological polar surface area (TPSA) is 24.5 Å². The molecule has 6 heteroatoms. The standard InChI is InChI=1S/C14H27F3N2O/c1-4-12-9-19(13(3,5-2)10-18-12)7-6-8-20-11-14(15,16)17/h12,18H,4-11H2,1-3H3. The number of piperazine rings is 1. The first-order valence-electron chi connectivity index (χ1n) is 7.43. The van der Waals surface area contributed by atoms with Crippen LogP contribution >= 0.6 is 0 Å². The van der Waals surface area contributed by atoms with Crippen LogP contribution in [0.5, 0.6) is 0 Å². The highest BCUT2D eigenvalue weighted by Crippen LogP contribution is 2.24. The van der Waals surface area contributed by atoms with E-state index in [1.807, 2.05) is 0 Å². The Labute approximate surface area is 119 Å². The molecule has 0 spiro atoms. The van der Waals surface area contributed by atoms with Crippen molar-refractivity contribution in [2.24, 2.45) is 0 Å². The number of ether oxygens (including phenoxy) is 1. The van der Waals surface area contributed by atoms with Gasteiger partial charge in [-0.2, -0.15) is 13.2 Å². The van der Waals surface area contributed by atoms with Crippen molar-refractivity contribution in [3.8, 4) is 0 Å². The number of hydrogen-bond acceptors (Lipinski definition) is 3. The van der Waals surface area contributed by atoms with Crippen molar-refractivity contribution in [3.05, 3.63) is 0 Å². The summed E-state index contributed by atoms with van der Waals surface area (Å²) in [7, 11) is 0. The molecule has 1 saturated heterocycles. The Bertz CT molecular complexity index is 286. The Morgan fingerprint density at radius 2 is 2.05 bits per heavy atom. The van der Waals surface area contributed by atoms with Crippen LogP contribution in [0.2, 0.25) is 0 Å². The maximum Gasteiger partial charge on any atom is 0.411 e. The van der Waals surface area contributed by atoms with E-state index in [2.05, 4.69) is 35.7 Å². The Balaban J connectivity index is 2.34. The van der Waals surface area contributed by atoms with E-state index in [1.54, 1.807) is 0 Å². The highest BCUT2D eigenvalue weighted by atomic mass is 19.4. The van der Waals surface area contributed by atoms with E-state index in [1.165, 1.54) is 0 Å². The predicted octanol–water partition coefficient (Wildman–Crippen LogP) is 2.81. The molecule has 1 rings (SSSR count). The van der Waals surface area contributed by atoms with E-state index >= 15 is 0 Å². The van der Waals surface area contributed by atoms with Crippen LogP contribution in [-0.4, -0.2) is 55.5 Å². The zero-order chi connectivity index (χ0) is 15.2. The van der Waals surface area contributed by atoms with Gasteiger partial charge in [0.1, 0.15) is 6.61 Å². The van der Waals surface area contributed by atoms with Crippen molar-refractivity contribution >= 4 is 0 Å². The van der Waals surface area contributed by atoms with Crippen LogP contribution in [0, 0.1) is 0 Å². The van der Waals surface area contributed by atoms with Crippen LogP contribution in [0.25, 0.3) is 0 Å². The third-order valence-electron chi connectivity index (χ3n) is 4.21. The van der Waals surface area contributed by atoms with Crippen molar-refractivity contribution in [2.75, 3.05) is 32.8 Å². The van der Waals surface area contributed by atoms with Crippen LogP contribution in [0.3, 0.4) is 0 Å². The quantitative estimate of drug-likeness (QED) is 0.731. The van der Waals surface area contributed by atoms with Crippen molar-refractivity contribution in [3.63, 3.8) is 0 Å². The maximum absolute atomic E-state index is 12.0. The minimum Gasteiger partial charge on any atom is -0.372 e. The smallest absolute Gasteiger partial charge is 0.372 e. The van der Waals surface area contributed by atoms with Crippen molar-refractivity contribution in [1.82, 2.24) is 10.2 Å². The van der Waals surface area contributed by atoms with Gasteiger partial charge in [-0.3, -0.25) is 4.90 Å². The second-order valence-electron chi connectivity index (χ2n) is 5.80. The van der Waals surface area contributed by atoms with E-state index < -0.39 is 12.8 Å². The molecule has 1 heterocycles. The zero-order valence-electron chi connectivity index (χ0n) is 12.7. The summed E-state index contributed by atoms with van der Waals surface area (Å²) in [6.45, 7) is 8.23. The van der Waals surface area contributed by atoms with E-state index in [0.717, 1.165) is 32.5 Å². The fourth-order valence-corrected chi connectivity index (χ4v) is 2.56. The van der Waals surface area contributed by atoms with Crippen molar-refractivity contribution < 1.29 is 17.9 Å². The SMILES string of the molecule is CCC1CN(CCCOCC(F)(F)F)C(C)(CC)CN1. The Morgan fingerprint density at radius 3 is 2.60 bits per heavy atom. The van der Waals surface area contributed by atoms with Crippen LogP contribution in [0.15, 0.2) is 0 Å². The molecule has 0 aromatic carbocycles. The van der Waals surface area contributed by atoms with E-state index in [9.17, 15) is 13.2 Å². The predicted molar refractivity (Wildman–Crippen MR) is 73.8 cm³/mol. The summed E-state index contributed by atoms with van der Waals surface area (Å²) in [6.07, 6.45) is -1.48. The van der Waals surface area contributed by atoms with E-state index in [-0.39, 0.29) is 12.1 Å². The van der Waals surface area contributed by atoms with Crippen LogP contribution < -0.4 is 5.32 Å². The number of alkyl halides is 3. The number of nitrogens with zero attached hydrogens (tertiary/aromatic N) is 1. The second-order valence-corrected chi connectivity index (χ2v) is 5.80. The summed E-state index contributed by atoms with van der Waals surface area (Å²) in [6, 6.07) is 0.478. The molecule has 0 saturated carbocycles. The van der Waals surface area contributed by atoms with Crippen LogP contribution in [0.4, 0.5) is 13.2 Å². The first kappa shape index (κ1) is 17.7. The average Bonchev–Trinajstić information content (AvgIpc) is 2.39. The number of nitrogens with one attached hydrogen (secondary N) is 1. The summed E-state index contributed by atoms with van der Waals surface area (Å²) in [5.74, 6) is 0. The Hall–Kier alpha value is -0.330. The molecule has 2 atom stereocenters. The highest BCUT2D eigenvalue weighted by Gasteiger charge is 2.35. The third-order valence-corrected chi connectivity index (χ3v) is 4.21. The molecular formula is C14H27F3N2O. The summed E-state index contributed by atoms with van der Waals surface area (Å²) in [5, 5.41) is 3.54. The monoisotopic (exact) mass is 296 g/mol. The molecule has 3 nitrogen and oxygen atoms in total. The highest BCUT2D eigenvalue weighted by molar-refractivity contribution is 4.94. The minimum absolute atomic E-state index is 0.0930. The van der Waals surface area contributed by atoms with Gasteiger partial charge < -0.3 is 10.1 Å². The first-order chi connectivity index (χ1) is 9.30. The summed E-state index contributed by atoms with van der Waals surface area (Å²) >= 11 is 0. The fraction of sp³-hybridized carbons (Fsp3) is 1.00. The third kappa shape index (κ3) is 5.58. The lowest BCUT2D eigenvalue weighted by Gasteiger charge is -2.48. The largest absolute Gasteiger partial charge is 0.411 e. The first-order valence-corrected chi connectivity index (χ1v) is 7.43.